The first-order valence-corrected chi connectivity index (χ1v) is 8.39. The van der Waals surface area contributed by atoms with E-state index in [0.717, 1.165) is 0 Å². The Balaban J connectivity index is 2.07. The van der Waals surface area contributed by atoms with Gasteiger partial charge in [-0.2, -0.15) is 5.26 Å². The van der Waals surface area contributed by atoms with Gasteiger partial charge >= 0.3 is 6.09 Å². The van der Waals surface area contributed by atoms with Crippen molar-refractivity contribution in [3.63, 3.8) is 0 Å². The van der Waals surface area contributed by atoms with Crippen LogP contribution >= 0.6 is 0 Å². The van der Waals surface area contributed by atoms with Gasteiger partial charge in [-0.3, -0.25) is 4.79 Å². The Morgan fingerprint density at radius 2 is 2.15 bits per heavy atom. The van der Waals surface area contributed by atoms with Crippen molar-refractivity contribution in [1.29, 1.82) is 5.26 Å². The second kappa shape index (κ2) is 8.04. The Morgan fingerprint density at radius 1 is 1.42 bits per heavy atom. The topological polar surface area (TPSA) is 94.5 Å². The molecule has 0 bridgehead atoms. The number of hydrogen-bond donors (Lipinski definition) is 2. The highest BCUT2D eigenvalue weighted by Gasteiger charge is 2.29. The van der Waals surface area contributed by atoms with Crippen LogP contribution in [-0.2, 0) is 9.53 Å². The van der Waals surface area contributed by atoms with Crippen LogP contribution in [0.5, 0.6) is 0 Å². The van der Waals surface area contributed by atoms with Crippen molar-refractivity contribution < 1.29 is 18.7 Å². The van der Waals surface area contributed by atoms with E-state index in [1.165, 1.54) is 12.1 Å². The molecule has 1 unspecified atom stereocenters. The Hall–Kier alpha value is -2.82. The van der Waals surface area contributed by atoms with Gasteiger partial charge in [0, 0.05) is 13.1 Å². The number of para-hydroxylation sites is 1. The minimum atomic E-state index is -0.591. The zero-order chi connectivity index (χ0) is 19.3. The van der Waals surface area contributed by atoms with Gasteiger partial charge in [-0.15, -0.1) is 0 Å². The summed E-state index contributed by atoms with van der Waals surface area (Å²) in [6.07, 6.45) is -0.196. The molecule has 1 heterocycles. The van der Waals surface area contributed by atoms with E-state index < -0.39 is 23.4 Å². The summed E-state index contributed by atoms with van der Waals surface area (Å²) >= 11 is 0. The zero-order valence-electron chi connectivity index (χ0n) is 15.1. The molecule has 0 spiro atoms. The number of nitrogens with zero attached hydrogens (tertiary/aromatic N) is 2. The minimum absolute atomic E-state index is 0.188. The summed E-state index contributed by atoms with van der Waals surface area (Å²) < 4.78 is 19.6. The van der Waals surface area contributed by atoms with E-state index in [1.54, 1.807) is 37.8 Å². The van der Waals surface area contributed by atoms with Crippen molar-refractivity contribution in [2.45, 2.75) is 45.3 Å². The van der Waals surface area contributed by atoms with Gasteiger partial charge in [-0.1, -0.05) is 6.07 Å². The van der Waals surface area contributed by atoms with Gasteiger partial charge in [0.2, 0.25) is 5.91 Å². The number of ether oxygens (including phenoxy) is 1. The lowest BCUT2D eigenvalue weighted by Gasteiger charge is -2.24. The summed E-state index contributed by atoms with van der Waals surface area (Å²) in [5.41, 5.74) is -0.0259. The second-order valence-electron chi connectivity index (χ2n) is 7.10. The van der Waals surface area contributed by atoms with E-state index in [2.05, 4.69) is 10.6 Å². The van der Waals surface area contributed by atoms with Crippen LogP contribution in [0.3, 0.4) is 0 Å². The van der Waals surface area contributed by atoms with E-state index in [0.29, 0.717) is 25.2 Å². The Kier molecular flexibility index (Phi) is 6.03. The number of nitrogens with one attached hydrogen (secondary N) is 2. The SMILES string of the molecule is CC(C)(C)OC(=O)NC1CCN(c2c(F)cccc2NC(=O)CC#N)C1. The van der Waals surface area contributed by atoms with Crippen LogP contribution < -0.4 is 15.5 Å². The molecule has 1 atom stereocenters. The predicted octanol–water partition coefficient (Wildman–Crippen LogP) is 2.78. The molecular formula is C18H23FN4O3. The van der Waals surface area contributed by atoms with E-state index in [4.69, 9.17) is 10.00 Å². The van der Waals surface area contributed by atoms with Crippen LogP contribution in [0.25, 0.3) is 0 Å². The lowest BCUT2D eigenvalue weighted by atomic mass is 10.2. The normalized spacial score (nSPS) is 16.7. The standard InChI is InChI=1S/C18H23FN4O3/c1-18(2,3)26-17(25)21-12-8-10-23(11-12)16-13(19)5-4-6-14(16)22-15(24)7-9-20/h4-6,12H,7-8,10-11H2,1-3H3,(H,21,25)(H,22,24). The molecule has 1 aromatic rings. The third kappa shape index (κ3) is 5.34. The van der Waals surface area contributed by atoms with Gasteiger partial charge in [0.1, 0.15) is 17.8 Å². The molecule has 140 valence electrons. The summed E-state index contributed by atoms with van der Waals surface area (Å²) in [7, 11) is 0. The molecule has 1 aliphatic heterocycles. The van der Waals surface area contributed by atoms with Gasteiger partial charge in [0.15, 0.2) is 0 Å². The molecule has 7 nitrogen and oxygen atoms in total. The summed E-state index contributed by atoms with van der Waals surface area (Å²) in [4.78, 5) is 25.3. The number of carbonyl (C=O) groups excluding carboxylic acids is 2. The minimum Gasteiger partial charge on any atom is -0.444 e. The average Bonchev–Trinajstić information content (AvgIpc) is 2.93. The summed E-state index contributed by atoms with van der Waals surface area (Å²) in [6, 6.07) is 5.96. The number of hydrogen-bond acceptors (Lipinski definition) is 5. The maximum atomic E-state index is 14.4. The van der Waals surface area contributed by atoms with Crippen molar-refractivity contribution >= 4 is 23.4 Å². The van der Waals surface area contributed by atoms with Gasteiger partial charge in [-0.25, -0.2) is 9.18 Å². The Labute approximate surface area is 152 Å². The van der Waals surface area contributed by atoms with E-state index in [9.17, 15) is 14.0 Å². The van der Waals surface area contributed by atoms with Crippen LogP contribution in [0.1, 0.15) is 33.6 Å². The highest BCUT2D eigenvalue weighted by atomic mass is 19.1. The van der Waals surface area contributed by atoms with Crippen molar-refractivity contribution in [2.24, 2.45) is 0 Å². The fourth-order valence-electron chi connectivity index (χ4n) is 2.76. The Bertz CT molecular complexity index is 724. The predicted molar refractivity (Wildman–Crippen MR) is 95.2 cm³/mol. The van der Waals surface area contributed by atoms with Crippen molar-refractivity contribution in [3.05, 3.63) is 24.0 Å². The summed E-state index contributed by atoms with van der Waals surface area (Å²) in [5.74, 6) is -0.973. The van der Waals surface area contributed by atoms with Crippen LogP contribution in [0.2, 0.25) is 0 Å². The second-order valence-corrected chi connectivity index (χ2v) is 7.10. The van der Waals surface area contributed by atoms with E-state index in [-0.39, 0.29) is 18.2 Å². The molecule has 0 aromatic heterocycles. The lowest BCUT2D eigenvalue weighted by molar-refractivity contribution is -0.115. The maximum Gasteiger partial charge on any atom is 0.407 e. The molecule has 1 aromatic carbocycles. The van der Waals surface area contributed by atoms with Gasteiger partial charge in [0.05, 0.1) is 23.5 Å². The highest BCUT2D eigenvalue weighted by Crippen LogP contribution is 2.32. The molecule has 0 saturated carbocycles. The zero-order valence-corrected chi connectivity index (χ0v) is 15.1. The quantitative estimate of drug-likeness (QED) is 0.859. The first kappa shape index (κ1) is 19.5. The first-order valence-electron chi connectivity index (χ1n) is 8.39. The maximum absolute atomic E-state index is 14.4. The number of benzene rings is 1. The van der Waals surface area contributed by atoms with Gasteiger partial charge in [0.25, 0.3) is 0 Å². The largest absolute Gasteiger partial charge is 0.444 e. The van der Waals surface area contributed by atoms with Crippen molar-refractivity contribution in [2.75, 3.05) is 23.3 Å². The number of rotatable bonds is 4. The molecule has 1 fully saturated rings. The number of nitriles is 1. The smallest absolute Gasteiger partial charge is 0.407 e. The lowest BCUT2D eigenvalue weighted by Crippen LogP contribution is -2.40. The number of anilines is 2. The molecule has 0 aliphatic carbocycles. The van der Waals surface area contributed by atoms with Gasteiger partial charge in [-0.05, 0) is 39.3 Å². The number of halogens is 1. The summed E-state index contributed by atoms with van der Waals surface area (Å²) in [5, 5.41) is 13.9. The molecule has 2 rings (SSSR count). The molecular weight excluding hydrogens is 339 g/mol. The van der Waals surface area contributed by atoms with E-state index in [1.807, 2.05) is 0 Å². The van der Waals surface area contributed by atoms with E-state index >= 15 is 0 Å². The van der Waals surface area contributed by atoms with Crippen LogP contribution in [0.15, 0.2) is 18.2 Å². The third-order valence-corrected chi connectivity index (χ3v) is 3.73. The highest BCUT2D eigenvalue weighted by molar-refractivity contribution is 5.95. The molecule has 2 amide bonds. The number of carbonyl (C=O) groups is 2. The molecule has 1 saturated heterocycles. The number of amides is 2. The monoisotopic (exact) mass is 362 g/mol. The third-order valence-electron chi connectivity index (χ3n) is 3.73. The summed E-state index contributed by atoms with van der Waals surface area (Å²) in [6.45, 7) is 6.25. The molecule has 8 heteroatoms. The van der Waals surface area contributed by atoms with Crippen LogP contribution in [0.4, 0.5) is 20.6 Å². The van der Waals surface area contributed by atoms with Crippen molar-refractivity contribution in [3.8, 4) is 6.07 Å². The number of alkyl carbamates (subject to hydrolysis) is 1. The first-order chi connectivity index (χ1) is 12.2. The van der Waals surface area contributed by atoms with Crippen LogP contribution in [0, 0.1) is 17.1 Å². The van der Waals surface area contributed by atoms with Crippen molar-refractivity contribution in [1.82, 2.24) is 5.32 Å². The Morgan fingerprint density at radius 3 is 2.81 bits per heavy atom. The fraction of sp³-hybridized carbons (Fsp3) is 0.500. The molecule has 0 radical (unpaired) electrons. The molecule has 2 N–H and O–H groups in total. The average molecular weight is 362 g/mol. The molecule has 26 heavy (non-hydrogen) atoms. The fourth-order valence-corrected chi connectivity index (χ4v) is 2.76. The van der Waals surface area contributed by atoms with Gasteiger partial charge < -0.3 is 20.3 Å². The van der Waals surface area contributed by atoms with Crippen LogP contribution in [-0.4, -0.2) is 36.7 Å². The molecule has 1 aliphatic rings.